The second-order valence-electron chi connectivity index (χ2n) is 9.54. The fraction of sp³-hybridized carbons (Fsp3) is 0.591. The van der Waals surface area contributed by atoms with Gasteiger partial charge in [0.25, 0.3) is 0 Å². The number of carbonyl (C=O) groups is 1. The number of nitrogens with zero attached hydrogens (tertiary/aromatic N) is 3. The van der Waals surface area contributed by atoms with Crippen molar-refractivity contribution in [2.24, 2.45) is 5.41 Å². The maximum Gasteiger partial charge on any atom is 0.320 e. The summed E-state index contributed by atoms with van der Waals surface area (Å²) in [7, 11) is 0. The highest BCUT2D eigenvalue weighted by atomic mass is 35.5. The number of aliphatic hydroxyl groups excluding tert-OH is 1. The molecular formula is C22H31ClN6O2. The number of rotatable bonds is 5. The Balaban J connectivity index is 1.39. The van der Waals surface area contributed by atoms with Gasteiger partial charge in [-0.05, 0) is 50.5 Å². The predicted octanol–water partition coefficient (Wildman–Crippen LogP) is 3.54. The number of pyridine rings is 1. The molecule has 4 rings (SSSR count). The second-order valence-corrected chi connectivity index (χ2v) is 9.95. The molecule has 2 amide bonds. The number of halogens is 1. The summed E-state index contributed by atoms with van der Waals surface area (Å²) < 4.78 is 2.04. The smallest absolute Gasteiger partial charge is 0.320 e. The van der Waals surface area contributed by atoms with E-state index >= 15 is 0 Å². The van der Waals surface area contributed by atoms with Crippen LogP contribution in [0.1, 0.15) is 52.1 Å². The third-order valence-electron chi connectivity index (χ3n) is 6.10. The van der Waals surface area contributed by atoms with Gasteiger partial charge in [0.05, 0.1) is 11.2 Å². The van der Waals surface area contributed by atoms with Gasteiger partial charge in [0.15, 0.2) is 0 Å². The molecule has 2 aromatic rings. The number of hydrogen-bond acceptors (Lipinski definition) is 5. The minimum Gasteiger partial charge on any atom is -0.379 e. The van der Waals surface area contributed by atoms with E-state index in [2.05, 4.69) is 39.9 Å². The van der Waals surface area contributed by atoms with Crippen molar-refractivity contribution in [2.75, 3.05) is 5.32 Å². The summed E-state index contributed by atoms with van der Waals surface area (Å²) in [6.07, 6.45) is 7.41. The van der Waals surface area contributed by atoms with Crippen molar-refractivity contribution in [2.45, 2.75) is 77.7 Å². The van der Waals surface area contributed by atoms with Gasteiger partial charge in [0, 0.05) is 41.6 Å². The Morgan fingerprint density at radius 1 is 1.23 bits per heavy atom. The zero-order valence-corrected chi connectivity index (χ0v) is 19.0. The molecule has 1 saturated carbocycles. The van der Waals surface area contributed by atoms with Gasteiger partial charge >= 0.3 is 6.03 Å². The van der Waals surface area contributed by atoms with E-state index in [1.54, 1.807) is 13.1 Å². The van der Waals surface area contributed by atoms with Crippen LogP contribution < -0.4 is 16.0 Å². The molecule has 1 aliphatic heterocycles. The van der Waals surface area contributed by atoms with E-state index in [4.69, 9.17) is 11.6 Å². The van der Waals surface area contributed by atoms with Gasteiger partial charge in [0.2, 0.25) is 0 Å². The molecule has 0 aromatic carbocycles. The number of amides is 2. The first kappa shape index (κ1) is 22.0. The summed E-state index contributed by atoms with van der Waals surface area (Å²) >= 11 is 6.45. The lowest BCUT2D eigenvalue weighted by molar-refractivity contribution is 0.127. The quantitative estimate of drug-likeness (QED) is 0.526. The van der Waals surface area contributed by atoms with Gasteiger partial charge in [-0.1, -0.05) is 25.4 Å². The normalized spacial score (nSPS) is 23.3. The van der Waals surface area contributed by atoms with Crippen LogP contribution in [0.4, 0.5) is 10.6 Å². The molecule has 0 bridgehead atoms. The van der Waals surface area contributed by atoms with Gasteiger partial charge in [-0.3, -0.25) is 15.3 Å². The number of urea groups is 1. The molecule has 8 nitrogen and oxygen atoms in total. The summed E-state index contributed by atoms with van der Waals surface area (Å²) in [5.41, 5.74) is 3.15. The van der Waals surface area contributed by atoms with Crippen molar-refractivity contribution < 1.29 is 9.90 Å². The number of aromatic nitrogens is 3. The lowest BCUT2D eigenvalue weighted by atomic mass is 9.89. The predicted molar refractivity (Wildman–Crippen MR) is 121 cm³/mol. The molecule has 1 unspecified atom stereocenters. The van der Waals surface area contributed by atoms with E-state index in [0.29, 0.717) is 16.9 Å². The second kappa shape index (κ2) is 8.76. The first-order valence-electron chi connectivity index (χ1n) is 10.9. The molecule has 0 radical (unpaired) electrons. The van der Waals surface area contributed by atoms with Crippen LogP contribution in [0.25, 0.3) is 11.1 Å². The molecule has 168 valence electrons. The van der Waals surface area contributed by atoms with Crippen molar-refractivity contribution in [3.8, 4) is 11.1 Å². The molecule has 0 saturated heterocycles. The standard InChI is InChI=1S/C22H31ClN6O2/c1-13(30)26-14-4-6-15(7-5-14)27-21(31)28-20-8-16(18(23)11-24-20)17-10-25-29-12-22(2,3)9-19(17)29/h8,10-11,13-15,26,30H,4-7,9,12H2,1-3H3,(H2,24,27,28,31). The van der Waals surface area contributed by atoms with Crippen LogP contribution in [-0.2, 0) is 13.0 Å². The highest BCUT2D eigenvalue weighted by Gasteiger charge is 2.32. The van der Waals surface area contributed by atoms with E-state index < -0.39 is 6.23 Å². The van der Waals surface area contributed by atoms with Gasteiger partial charge in [-0.15, -0.1) is 0 Å². The minimum absolute atomic E-state index is 0.111. The highest BCUT2D eigenvalue weighted by molar-refractivity contribution is 6.33. The maximum atomic E-state index is 12.5. The Kier molecular flexibility index (Phi) is 6.23. The highest BCUT2D eigenvalue weighted by Crippen LogP contribution is 2.39. The van der Waals surface area contributed by atoms with Crippen LogP contribution in [0.15, 0.2) is 18.5 Å². The number of nitrogens with one attached hydrogen (secondary N) is 3. The Bertz CT molecular complexity index is 949. The Labute approximate surface area is 187 Å². The van der Waals surface area contributed by atoms with E-state index in [9.17, 15) is 9.90 Å². The SMILES string of the molecule is CC(O)NC1CCC(NC(=O)Nc2cc(-c3cnn4c3CC(C)(C)C4)c(Cl)cn2)CC1. The average molecular weight is 447 g/mol. The number of anilines is 1. The van der Waals surface area contributed by atoms with Crippen molar-refractivity contribution in [1.82, 2.24) is 25.4 Å². The van der Waals surface area contributed by atoms with Crippen LogP contribution in [-0.4, -0.2) is 44.2 Å². The topological polar surface area (TPSA) is 104 Å². The van der Waals surface area contributed by atoms with Gasteiger partial charge < -0.3 is 10.4 Å². The number of hydrogen-bond donors (Lipinski definition) is 4. The number of carbonyl (C=O) groups excluding carboxylic acids is 1. The van der Waals surface area contributed by atoms with Crippen LogP contribution in [0, 0.1) is 5.41 Å². The fourth-order valence-electron chi connectivity index (χ4n) is 4.67. The average Bonchev–Trinajstić information content (AvgIpc) is 3.19. The molecule has 2 aromatic heterocycles. The van der Waals surface area contributed by atoms with Crippen molar-refractivity contribution >= 4 is 23.4 Å². The first-order valence-corrected chi connectivity index (χ1v) is 11.3. The maximum absolute atomic E-state index is 12.5. The largest absolute Gasteiger partial charge is 0.379 e. The van der Waals surface area contributed by atoms with Gasteiger partial charge in [0.1, 0.15) is 12.0 Å². The summed E-state index contributed by atoms with van der Waals surface area (Å²) in [6, 6.07) is 1.95. The molecule has 4 N–H and O–H groups in total. The van der Waals surface area contributed by atoms with Crippen LogP contribution >= 0.6 is 11.6 Å². The van der Waals surface area contributed by atoms with E-state index in [1.165, 1.54) is 0 Å². The molecule has 1 atom stereocenters. The molecule has 9 heteroatoms. The molecule has 0 spiro atoms. The van der Waals surface area contributed by atoms with Crippen LogP contribution in [0.2, 0.25) is 5.02 Å². The summed E-state index contributed by atoms with van der Waals surface area (Å²) in [4.78, 5) is 16.8. The third kappa shape index (κ3) is 5.19. The fourth-order valence-corrected chi connectivity index (χ4v) is 4.87. The summed E-state index contributed by atoms with van der Waals surface area (Å²) in [5.74, 6) is 0.457. The summed E-state index contributed by atoms with van der Waals surface area (Å²) in [6.45, 7) is 7.06. The van der Waals surface area contributed by atoms with Gasteiger partial charge in [-0.2, -0.15) is 5.10 Å². The zero-order valence-electron chi connectivity index (χ0n) is 18.3. The zero-order chi connectivity index (χ0) is 22.2. The summed E-state index contributed by atoms with van der Waals surface area (Å²) in [5, 5.41) is 23.5. The van der Waals surface area contributed by atoms with E-state index in [-0.39, 0.29) is 17.5 Å². The van der Waals surface area contributed by atoms with Crippen molar-refractivity contribution in [1.29, 1.82) is 0 Å². The van der Waals surface area contributed by atoms with Crippen molar-refractivity contribution in [3.05, 3.63) is 29.2 Å². The lowest BCUT2D eigenvalue weighted by Crippen LogP contribution is -2.45. The first-order chi connectivity index (χ1) is 14.7. The molecule has 2 aliphatic rings. The number of aliphatic hydroxyl groups is 1. The molecule has 1 fully saturated rings. The van der Waals surface area contributed by atoms with Crippen LogP contribution in [0.3, 0.4) is 0 Å². The Morgan fingerprint density at radius 2 is 1.94 bits per heavy atom. The molecular weight excluding hydrogens is 416 g/mol. The monoisotopic (exact) mass is 446 g/mol. The number of fused-ring (bicyclic) bond motifs is 1. The lowest BCUT2D eigenvalue weighted by Gasteiger charge is -2.30. The third-order valence-corrected chi connectivity index (χ3v) is 6.40. The van der Waals surface area contributed by atoms with Crippen molar-refractivity contribution in [3.63, 3.8) is 0 Å². The Morgan fingerprint density at radius 3 is 2.65 bits per heavy atom. The van der Waals surface area contributed by atoms with Crippen LogP contribution in [0.5, 0.6) is 0 Å². The Hall–Kier alpha value is -2.16. The molecule has 1 aliphatic carbocycles. The minimum atomic E-state index is -0.508. The molecule has 31 heavy (non-hydrogen) atoms. The molecule has 3 heterocycles. The van der Waals surface area contributed by atoms with E-state index in [1.807, 2.05) is 16.9 Å². The van der Waals surface area contributed by atoms with Gasteiger partial charge in [-0.25, -0.2) is 9.78 Å². The van der Waals surface area contributed by atoms with E-state index in [0.717, 1.165) is 55.5 Å².